The van der Waals surface area contributed by atoms with Gasteiger partial charge < -0.3 is 34.2 Å². The van der Waals surface area contributed by atoms with E-state index in [0.29, 0.717) is 0 Å². The van der Waals surface area contributed by atoms with Gasteiger partial charge >= 0.3 is 17.1 Å². The number of pyridine rings is 1. The molecule has 0 atom stereocenters. The number of nitrogens with zero attached hydrogens (tertiary/aromatic N) is 3. The summed E-state index contributed by atoms with van der Waals surface area (Å²) in [4.78, 5) is 4.18. The summed E-state index contributed by atoms with van der Waals surface area (Å²) in [7, 11) is 0. The number of para-hydroxylation sites is 1. The van der Waals surface area contributed by atoms with Gasteiger partial charge in [-0.05, 0) is 12.1 Å². The van der Waals surface area contributed by atoms with Crippen LogP contribution in [-0.4, -0.2) is 4.98 Å². The van der Waals surface area contributed by atoms with Gasteiger partial charge in [0.25, 0.3) is 0 Å². The molecule has 0 aliphatic carbocycles. The number of benzene rings is 1. The molecule has 1 radical (unpaired) electrons. The summed E-state index contributed by atoms with van der Waals surface area (Å²) in [5.74, 6) is 0. The first-order valence-corrected chi connectivity index (χ1v) is 4.36. The predicted molar refractivity (Wildman–Crippen MR) is 84.3 cm³/mol. The van der Waals surface area contributed by atoms with Crippen molar-refractivity contribution < 1.29 is 17.1 Å². The summed E-state index contributed by atoms with van der Waals surface area (Å²) in [6.45, 7) is 0. The molecule has 1 aromatic heterocycles. The van der Waals surface area contributed by atoms with Crippen molar-refractivity contribution in [1.82, 2.24) is 4.98 Å². The summed E-state index contributed by atoms with van der Waals surface area (Å²) in [6, 6.07) is 12.1. The van der Waals surface area contributed by atoms with E-state index < -0.39 is 0 Å². The van der Waals surface area contributed by atoms with E-state index in [-0.39, 0.29) is 41.7 Å². The smallest absolute Gasteiger partial charge is 0.742 e. The van der Waals surface area contributed by atoms with E-state index in [1.807, 2.05) is 30.5 Å². The Morgan fingerprint density at radius 2 is 1.16 bits per heavy atom. The average molecular weight is 349 g/mol. The first-order valence-electron chi connectivity index (χ1n) is 3.63. The van der Waals surface area contributed by atoms with Crippen molar-refractivity contribution >= 4 is 35.8 Å². The maximum Gasteiger partial charge on any atom is 2.00 e. The first-order chi connectivity index (χ1) is 6.97. The van der Waals surface area contributed by atoms with Crippen molar-refractivity contribution in [2.45, 2.75) is 0 Å². The van der Waals surface area contributed by atoms with Crippen LogP contribution in [0.5, 0.6) is 0 Å². The minimum Gasteiger partial charge on any atom is -0.742 e. The Morgan fingerprint density at radius 1 is 0.737 bits per heavy atom. The molecule has 1 aromatic carbocycles. The Hall–Kier alpha value is -0.971. The minimum absolute atomic E-state index is 0. The van der Waals surface area contributed by atoms with Crippen molar-refractivity contribution in [3.63, 3.8) is 0 Å². The van der Waals surface area contributed by atoms with Crippen LogP contribution >= 0.6 is 0 Å². The number of hydrogen-bond donors (Lipinski definition) is 0. The average Bonchev–Trinajstić information content (AvgIpc) is 2.34. The van der Waals surface area contributed by atoms with Crippen molar-refractivity contribution in [3.05, 3.63) is 76.8 Å². The van der Waals surface area contributed by atoms with Gasteiger partial charge in [0, 0.05) is 11.6 Å². The van der Waals surface area contributed by atoms with Gasteiger partial charge in [-0.2, -0.15) is 0 Å². The van der Waals surface area contributed by atoms with Gasteiger partial charge in [-0.25, -0.2) is 0 Å². The quantitative estimate of drug-likeness (QED) is 0.554. The second-order valence-electron chi connectivity index (χ2n) is 2.20. The number of hydrogen-bond acceptors (Lipinski definition) is 3. The summed E-state index contributed by atoms with van der Waals surface area (Å²) in [6.07, 6.45) is 1.81. The monoisotopic (exact) mass is 348 g/mol. The molecule has 0 spiro atoms. The molecule has 0 aliphatic heterocycles. The summed E-state index contributed by atoms with van der Waals surface area (Å²) >= 11 is 6.17. The number of nitrogens with two attached hydrogens (primary N) is 4. The van der Waals surface area contributed by atoms with E-state index in [1.165, 1.54) is 5.39 Å². The fraction of sp³-hybridized carbons (Fsp3) is 0. The second-order valence-corrected chi connectivity index (χ2v) is 2.20. The molecule has 1 heterocycles. The van der Waals surface area contributed by atoms with Crippen LogP contribution < -0.4 is 0 Å². The Kier molecular flexibility index (Phi) is 49.0. The normalized spacial score (nSPS) is 5.68. The second kappa shape index (κ2) is 25.8. The summed E-state index contributed by atoms with van der Waals surface area (Å²) in [5, 5.41) is 1.20. The van der Waals surface area contributed by atoms with Gasteiger partial charge in [0.15, 0.2) is 0 Å². The first kappa shape index (κ1) is 36.1. The van der Waals surface area contributed by atoms with Gasteiger partial charge in [0.1, 0.15) is 0 Å². The fourth-order valence-electron chi connectivity index (χ4n) is 1.02. The van der Waals surface area contributed by atoms with Crippen molar-refractivity contribution in [2.75, 3.05) is 0 Å². The molecule has 7 nitrogen and oxygen atoms in total. The van der Waals surface area contributed by atoms with Crippen molar-refractivity contribution in [3.8, 4) is 0 Å². The van der Waals surface area contributed by atoms with E-state index in [2.05, 4.69) is 42.0 Å². The van der Waals surface area contributed by atoms with Crippen LogP contribution in [0.2, 0.25) is 0 Å². The van der Waals surface area contributed by atoms with Crippen LogP contribution in [0, 0.1) is 0 Å². The zero-order valence-electron chi connectivity index (χ0n) is 9.81. The SMILES string of the molecule is [Cu+2].[N-]=S.[N-]=S.[NH2-].[NH2-].[NH2-].[NH2-].c1ccc2ncccc2c1. The molecule has 0 amide bonds. The molecule has 113 valence electrons. The van der Waals surface area contributed by atoms with E-state index in [4.69, 9.17) is 9.56 Å². The maximum absolute atomic E-state index is 6.58. The fourth-order valence-corrected chi connectivity index (χ4v) is 1.02. The third kappa shape index (κ3) is 13.3. The topological polar surface area (TPSA) is 191 Å². The number of aromatic nitrogens is 1. The zero-order chi connectivity index (χ0) is 10.8. The maximum atomic E-state index is 6.58. The van der Waals surface area contributed by atoms with Gasteiger partial charge in [0.05, 0.1) is 5.52 Å². The Bertz CT molecular complexity index is 326. The molecule has 0 bridgehead atoms. The van der Waals surface area contributed by atoms with Crippen molar-refractivity contribution in [2.24, 2.45) is 0 Å². The standard InChI is InChI=1S/C9H7N.Cu.2NS.4H2N/c1-2-6-9-8(4-1)5-3-7-10-9;;2*1-2;;;;/h1-7H;;;;4*1H2/q;+2;6*-1. The molecular formula is C9H15CuN7S2-4. The van der Waals surface area contributed by atoms with Gasteiger partial charge in [-0.1, -0.05) is 24.3 Å². The Balaban J connectivity index is -0.0000000435. The molecule has 0 fully saturated rings. The van der Waals surface area contributed by atoms with Crippen LogP contribution in [0.25, 0.3) is 45.1 Å². The van der Waals surface area contributed by atoms with E-state index in [1.54, 1.807) is 0 Å². The van der Waals surface area contributed by atoms with Crippen LogP contribution in [0.1, 0.15) is 0 Å². The summed E-state index contributed by atoms with van der Waals surface area (Å²) in [5.41, 5.74) is 1.06. The molecule has 0 saturated carbocycles. The molecule has 2 aromatic rings. The van der Waals surface area contributed by atoms with E-state index in [9.17, 15) is 0 Å². The molecule has 10 heteroatoms. The molecule has 8 N–H and O–H groups in total. The number of rotatable bonds is 0. The van der Waals surface area contributed by atoms with E-state index in [0.717, 1.165) is 5.52 Å². The zero-order valence-corrected chi connectivity index (χ0v) is 12.4. The van der Waals surface area contributed by atoms with Gasteiger partial charge in [-0.15, -0.1) is 0 Å². The van der Waals surface area contributed by atoms with Gasteiger partial charge in [0.2, 0.25) is 0 Å². The Morgan fingerprint density at radius 3 is 1.63 bits per heavy atom. The Labute approximate surface area is 134 Å². The van der Waals surface area contributed by atoms with Crippen LogP contribution in [0.15, 0.2) is 42.6 Å². The molecule has 0 unspecified atom stereocenters. The van der Waals surface area contributed by atoms with Gasteiger partial charge in [-0.3, -0.25) is 29.8 Å². The predicted octanol–water partition coefficient (Wildman–Crippen LogP) is 5.67. The molecular weight excluding hydrogens is 334 g/mol. The van der Waals surface area contributed by atoms with Crippen LogP contribution in [0.4, 0.5) is 0 Å². The summed E-state index contributed by atoms with van der Waals surface area (Å²) < 4.78 is 13.2. The molecule has 0 aliphatic rings. The van der Waals surface area contributed by atoms with E-state index >= 15 is 0 Å². The van der Waals surface area contributed by atoms with Crippen LogP contribution in [0.3, 0.4) is 0 Å². The van der Waals surface area contributed by atoms with Crippen molar-refractivity contribution in [1.29, 1.82) is 0 Å². The largest absolute Gasteiger partial charge is 2.00 e. The van der Waals surface area contributed by atoms with Crippen LogP contribution in [-0.2, 0) is 41.9 Å². The third-order valence-corrected chi connectivity index (χ3v) is 1.51. The molecule has 2 rings (SSSR count). The molecule has 19 heavy (non-hydrogen) atoms. The number of fused-ring (bicyclic) bond motifs is 1. The minimum atomic E-state index is 0. The third-order valence-electron chi connectivity index (χ3n) is 1.51. The molecule has 0 saturated heterocycles.